The van der Waals surface area contributed by atoms with Gasteiger partial charge in [0.1, 0.15) is 11.3 Å². The van der Waals surface area contributed by atoms with Gasteiger partial charge in [0.25, 0.3) is 0 Å². The number of H-pyrrole nitrogens is 1. The van der Waals surface area contributed by atoms with Gasteiger partial charge in [-0.2, -0.15) is 0 Å². The van der Waals surface area contributed by atoms with E-state index >= 15 is 0 Å². The number of rotatable bonds is 2. The fraction of sp³-hybridized carbons (Fsp3) is 0.0769. The lowest BCUT2D eigenvalue weighted by atomic mass is 10.2. The van der Waals surface area contributed by atoms with Crippen LogP contribution in [-0.2, 0) is 4.79 Å². The number of aromatic amines is 1. The summed E-state index contributed by atoms with van der Waals surface area (Å²) in [7, 11) is 0. The second-order valence-electron chi connectivity index (χ2n) is 3.83. The molecule has 0 fully saturated rings. The Labute approximate surface area is 107 Å². The first-order chi connectivity index (χ1) is 8.74. The standard InChI is InChI=1S/C13H10N2O2S/c1-8(16)17-13-11-10(7-18-13)14-12(15-11)9-5-3-2-4-6-9/h2-7H,1H3,(H,14,15). The number of benzene rings is 1. The zero-order valence-corrected chi connectivity index (χ0v) is 10.5. The van der Waals surface area contributed by atoms with Gasteiger partial charge in [-0.1, -0.05) is 30.3 Å². The number of nitrogens with one attached hydrogen (secondary N) is 1. The molecule has 3 aromatic rings. The average Bonchev–Trinajstić information content (AvgIpc) is 2.92. The highest BCUT2D eigenvalue weighted by Gasteiger charge is 2.13. The third-order valence-electron chi connectivity index (χ3n) is 2.49. The van der Waals surface area contributed by atoms with Crippen LogP contribution in [0.3, 0.4) is 0 Å². The van der Waals surface area contributed by atoms with E-state index in [-0.39, 0.29) is 5.97 Å². The van der Waals surface area contributed by atoms with Crippen molar-refractivity contribution in [3.05, 3.63) is 35.7 Å². The fourth-order valence-corrected chi connectivity index (χ4v) is 2.56. The number of imidazole rings is 1. The topological polar surface area (TPSA) is 55.0 Å². The van der Waals surface area contributed by atoms with Crippen LogP contribution in [0.1, 0.15) is 6.92 Å². The molecule has 90 valence electrons. The van der Waals surface area contributed by atoms with Crippen molar-refractivity contribution in [1.29, 1.82) is 0 Å². The van der Waals surface area contributed by atoms with E-state index in [0.29, 0.717) is 10.6 Å². The van der Waals surface area contributed by atoms with E-state index in [1.165, 1.54) is 18.3 Å². The highest BCUT2D eigenvalue weighted by Crippen LogP contribution is 2.33. The average molecular weight is 258 g/mol. The van der Waals surface area contributed by atoms with Crippen molar-refractivity contribution < 1.29 is 9.53 Å². The van der Waals surface area contributed by atoms with Crippen molar-refractivity contribution in [1.82, 2.24) is 9.97 Å². The van der Waals surface area contributed by atoms with Crippen LogP contribution in [0, 0.1) is 0 Å². The molecule has 0 amide bonds. The molecule has 0 radical (unpaired) electrons. The van der Waals surface area contributed by atoms with Crippen molar-refractivity contribution in [3.63, 3.8) is 0 Å². The molecule has 0 saturated carbocycles. The smallest absolute Gasteiger partial charge is 0.308 e. The Morgan fingerprint density at radius 1 is 1.33 bits per heavy atom. The number of esters is 1. The molecule has 2 heterocycles. The maximum Gasteiger partial charge on any atom is 0.308 e. The zero-order chi connectivity index (χ0) is 12.5. The molecule has 0 aliphatic rings. The number of thiophene rings is 1. The Bertz CT molecular complexity index is 700. The van der Waals surface area contributed by atoms with Crippen LogP contribution in [-0.4, -0.2) is 15.9 Å². The van der Waals surface area contributed by atoms with Crippen LogP contribution in [0.25, 0.3) is 22.4 Å². The predicted molar refractivity (Wildman–Crippen MR) is 70.7 cm³/mol. The van der Waals surface area contributed by atoms with Gasteiger partial charge in [-0.3, -0.25) is 4.79 Å². The molecule has 0 atom stereocenters. The van der Waals surface area contributed by atoms with Crippen LogP contribution in [0.4, 0.5) is 0 Å². The van der Waals surface area contributed by atoms with Crippen molar-refractivity contribution in [2.75, 3.05) is 0 Å². The highest BCUT2D eigenvalue weighted by atomic mass is 32.1. The molecule has 1 aromatic carbocycles. The van der Waals surface area contributed by atoms with E-state index in [1.807, 2.05) is 35.7 Å². The van der Waals surface area contributed by atoms with Gasteiger partial charge >= 0.3 is 5.97 Å². The first-order valence-corrected chi connectivity index (χ1v) is 6.33. The van der Waals surface area contributed by atoms with Gasteiger partial charge in [0.05, 0.1) is 5.52 Å². The summed E-state index contributed by atoms with van der Waals surface area (Å²) in [5.74, 6) is 0.449. The predicted octanol–water partition coefficient (Wildman–Crippen LogP) is 3.22. The third kappa shape index (κ3) is 1.89. The number of aromatic nitrogens is 2. The maximum absolute atomic E-state index is 11.0. The molecule has 1 N–H and O–H groups in total. The van der Waals surface area contributed by atoms with Crippen LogP contribution in [0.2, 0.25) is 0 Å². The van der Waals surface area contributed by atoms with Crippen molar-refractivity contribution in [2.45, 2.75) is 6.92 Å². The lowest BCUT2D eigenvalue weighted by Crippen LogP contribution is -1.99. The number of ether oxygens (including phenoxy) is 1. The van der Waals surface area contributed by atoms with Gasteiger partial charge in [0, 0.05) is 17.9 Å². The SMILES string of the molecule is CC(=O)Oc1scc2[nH]c(-c3ccccc3)nc12. The Hall–Kier alpha value is -2.14. The number of nitrogens with zero attached hydrogens (tertiary/aromatic N) is 1. The third-order valence-corrected chi connectivity index (χ3v) is 3.34. The van der Waals surface area contributed by atoms with E-state index in [4.69, 9.17) is 4.74 Å². The number of hydrogen-bond acceptors (Lipinski definition) is 4. The fourth-order valence-electron chi connectivity index (χ4n) is 1.73. The van der Waals surface area contributed by atoms with Gasteiger partial charge in [0.2, 0.25) is 5.06 Å². The molecule has 3 rings (SSSR count). The van der Waals surface area contributed by atoms with Gasteiger partial charge in [-0.25, -0.2) is 4.98 Å². The quantitative estimate of drug-likeness (QED) is 0.718. The van der Waals surface area contributed by atoms with E-state index in [2.05, 4.69) is 9.97 Å². The van der Waals surface area contributed by atoms with Crippen LogP contribution in [0.15, 0.2) is 35.7 Å². The summed E-state index contributed by atoms with van der Waals surface area (Å²) in [5.41, 5.74) is 2.59. The summed E-state index contributed by atoms with van der Waals surface area (Å²) in [4.78, 5) is 18.7. The molecule has 0 aliphatic heterocycles. The van der Waals surface area contributed by atoms with E-state index in [9.17, 15) is 4.79 Å². The summed E-state index contributed by atoms with van der Waals surface area (Å²) >= 11 is 1.36. The van der Waals surface area contributed by atoms with E-state index in [0.717, 1.165) is 16.9 Å². The summed E-state index contributed by atoms with van der Waals surface area (Å²) in [6.07, 6.45) is 0. The van der Waals surface area contributed by atoms with Crippen molar-refractivity contribution in [3.8, 4) is 16.5 Å². The van der Waals surface area contributed by atoms with Crippen LogP contribution in [0.5, 0.6) is 5.06 Å². The molecule has 0 saturated heterocycles. The zero-order valence-electron chi connectivity index (χ0n) is 9.64. The number of fused-ring (bicyclic) bond motifs is 1. The van der Waals surface area contributed by atoms with Crippen LogP contribution >= 0.6 is 11.3 Å². The Kier molecular flexibility index (Phi) is 2.60. The second kappa shape index (κ2) is 4.27. The summed E-state index contributed by atoms with van der Waals surface area (Å²) in [5, 5.41) is 2.43. The normalized spacial score (nSPS) is 10.7. The Morgan fingerprint density at radius 3 is 2.83 bits per heavy atom. The number of carbonyl (C=O) groups is 1. The minimum atomic E-state index is -0.331. The first-order valence-electron chi connectivity index (χ1n) is 5.45. The number of hydrogen-bond donors (Lipinski definition) is 1. The van der Waals surface area contributed by atoms with Crippen molar-refractivity contribution >= 4 is 28.3 Å². The van der Waals surface area contributed by atoms with Crippen LogP contribution < -0.4 is 4.74 Å². The Balaban J connectivity index is 2.07. The maximum atomic E-state index is 11.0. The molecule has 0 bridgehead atoms. The van der Waals surface area contributed by atoms with Crippen molar-refractivity contribution in [2.24, 2.45) is 0 Å². The molecule has 5 heteroatoms. The summed E-state index contributed by atoms with van der Waals surface area (Å²) in [6.45, 7) is 1.39. The van der Waals surface area contributed by atoms with E-state index < -0.39 is 0 Å². The number of carbonyl (C=O) groups excluding carboxylic acids is 1. The first kappa shape index (κ1) is 11.0. The van der Waals surface area contributed by atoms with Gasteiger partial charge < -0.3 is 9.72 Å². The molecule has 0 spiro atoms. The molecular weight excluding hydrogens is 248 g/mol. The molecule has 18 heavy (non-hydrogen) atoms. The van der Waals surface area contributed by atoms with Gasteiger partial charge in [-0.05, 0) is 0 Å². The Morgan fingerprint density at radius 2 is 2.11 bits per heavy atom. The van der Waals surface area contributed by atoms with Gasteiger partial charge in [0.15, 0.2) is 0 Å². The molecule has 0 aliphatic carbocycles. The van der Waals surface area contributed by atoms with Gasteiger partial charge in [-0.15, -0.1) is 11.3 Å². The molecule has 0 unspecified atom stereocenters. The lowest BCUT2D eigenvalue weighted by molar-refractivity contribution is -0.131. The summed E-state index contributed by atoms with van der Waals surface area (Å²) in [6, 6.07) is 9.83. The molecule has 2 aromatic heterocycles. The molecule has 4 nitrogen and oxygen atoms in total. The largest absolute Gasteiger partial charge is 0.413 e. The lowest BCUT2D eigenvalue weighted by Gasteiger charge is -1.95. The second-order valence-corrected chi connectivity index (χ2v) is 4.67. The summed E-state index contributed by atoms with van der Waals surface area (Å²) < 4.78 is 5.11. The highest BCUT2D eigenvalue weighted by molar-refractivity contribution is 7.13. The van der Waals surface area contributed by atoms with E-state index in [1.54, 1.807) is 0 Å². The minimum absolute atomic E-state index is 0.331. The minimum Gasteiger partial charge on any atom is -0.413 e. The monoisotopic (exact) mass is 258 g/mol. The molecular formula is C13H10N2O2S.